The van der Waals surface area contributed by atoms with Crippen molar-refractivity contribution in [2.75, 3.05) is 11.9 Å². The second-order valence-electron chi connectivity index (χ2n) is 4.51. The lowest BCUT2D eigenvalue weighted by Gasteiger charge is -2.11. The summed E-state index contributed by atoms with van der Waals surface area (Å²) in [5, 5.41) is 4.18. The van der Waals surface area contributed by atoms with Crippen LogP contribution in [0.2, 0.25) is 5.02 Å². The minimum atomic E-state index is 0.726. The number of benzene rings is 2. The molecule has 2 aromatic carbocycles. The number of hydrogen-bond acceptors (Lipinski definition) is 2. The number of ether oxygens (including phenoxy) is 1. The molecule has 0 bridgehead atoms. The molecule has 1 aliphatic heterocycles. The van der Waals surface area contributed by atoms with Gasteiger partial charge in [0.05, 0.1) is 6.61 Å². The van der Waals surface area contributed by atoms with E-state index < -0.39 is 0 Å². The van der Waals surface area contributed by atoms with E-state index in [0.29, 0.717) is 0 Å². The molecule has 1 N–H and O–H groups in total. The van der Waals surface area contributed by atoms with E-state index in [1.807, 2.05) is 12.1 Å². The number of halogens is 2. The molecule has 98 valence electrons. The van der Waals surface area contributed by atoms with Crippen molar-refractivity contribution in [3.05, 3.63) is 56.1 Å². The molecule has 0 saturated carbocycles. The second kappa shape index (κ2) is 5.59. The van der Waals surface area contributed by atoms with Gasteiger partial charge in [0.2, 0.25) is 0 Å². The largest absolute Gasteiger partial charge is 0.493 e. The fourth-order valence-corrected chi connectivity index (χ4v) is 2.87. The van der Waals surface area contributed by atoms with E-state index in [-0.39, 0.29) is 0 Å². The maximum atomic E-state index is 6.15. The zero-order chi connectivity index (χ0) is 13.2. The Hall–Kier alpha value is -0.940. The van der Waals surface area contributed by atoms with E-state index in [9.17, 15) is 0 Å². The number of hydrogen-bond donors (Lipinski definition) is 1. The Balaban J connectivity index is 1.78. The molecule has 3 rings (SSSR count). The van der Waals surface area contributed by atoms with Crippen LogP contribution in [0, 0.1) is 3.57 Å². The third-order valence-electron chi connectivity index (χ3n) is 3.15. The molecular formula is C15H13ClINO. The molecule has 2 nitrogen and oxygen atoms in total. The van der Waals surface area contributed by atoms with Gasteiger partial charge in [-0.3, -0.25) is 0 Å². The Bertz CT molecular complexity index is 598. The molecule has 0 spiro atoms. The standard InChI is InChI=1S/C15H13ClINO/c16-12-7-10-5-6-19-15(10)11(8-12)9-18-14-3-1-13(17)2-4-14/h1-4,7-8,18H,5-6,9H2. The maximum Gasteiger partial charge on any atom is 0.127 e. The van der Waals surface area contributed by atoms with Crippen LogP contribution in [-0.2, 0) is 13.0 Å². The Kier molecular flexibility index (Phi) is 3.84. The summed E-state index contributed by atoms with van der Waals surface area (Å²) in [5.41, 5.74) is 3.44. The van der Waals surface area contributed by atoms with E-state index >= 15 is 0 Å². The van der Waals surface area contributed by atoms with E-state index in [0.717, 1.165) is 41.6 Å². The van der Waals surface area contributed by atoms with E-state index in [2.05, 4.69) is 52.2 Å². The Morgan fingerprint density at radius 1 is 1.21 bits per heavy atom. The van der Waals surface area contributed by atoms with Crippen molar-refractivity contribution in [1.29, 1.82) is 0 Å². The van der Waals surface area contributed by atoms with Crippen molar-refractivity contribution in [1.82, 2.24) is 0 Å². The summed E-state index contributed by atoms with van der Waals surface area (Å²) in [7, 11) is 0. The highest BCUT2D eigenvalue weighted by Crippen LogP contribution is 2.33. The summed E-state index contributed by atoms with van der Waals surface area (Å²) in [6.07, 6.45) is 0.951. The van der Waals surface area contributed by atoms with Gasteiger partial charge in [0.15, 0.2) is 0 Å². The smallest absolute Gasteiger partial charge is 0.127 e. The zero-order valence-electron chi connectivity index (χ0n) is 10.2. The molecule has 0 radical (unpaired) electrons. The van der Waals surface area contributed by atoms with Gasteiger partial charge in [-0.15, -0.1) is 0 Å². The monoisotopic (exact) mass is 385 g/mol. The normalized spacial score (nSPS) is 12.9. The van der Waals surface area contributed by atoms with Crippen molar-refractivity contribution in [3.8, 4) is 5.75 Å². The Labute approximate surface area is 131 Å². The first-order chi connectivity index (χ1) is 9.22. The molecule has 4 heteroatoms. The topological polar surface area (TPSA) is 21.3 Å². The minimum absolute atomic E-state index is 0.726. The first kappa shape index (κ1) is 13.1. The van der Waals surface area contributed by atoms with Gasteiger partial charge in [-0.1, -0.05) is 11.6 Å². The molecule has 0 saturated heterocycles. The number of rotatable bonds is 3. The highest BCUT2D eigenvalue weighted by Gasteiger charge is 2.17. The zero-order valence-corrected chi connectivity index (χ0v) is 13.2. The quantitative estimate of drug-likeness (QED) is 0.786. The van der Waals surface area contributed by atoms with Gasteiger partial charge in [-0.2, -0.15) is 0 Å². The summed E-state index contributed by atoms with van der Waals surface area (Å²) in [4.78, 5) is 0. The van der Waals surface area contributed by atoms with Crippen LogP contribution >= 0.6 is 34.2 Å². The molecule has 1 heterocycles. The number of fused-ring (bicyclic) bond motifs is 1. The fourth-order valence-electron chi connectivity index (χ4n) is 2.24. The van der Waals surface area contributed by atoms with Crippen LogP contribution < -0.4 is 10.1 Å². The Morgan fingerprint density at radius 3 is 2.79 bits per heavy atom. The van der Waals surface area contributed by atoms with Gasteiger partial charge < -0.3 is 10.1 Å². The third-order valence-corrected chi connectivity index (χ3v) is 4.09. The average molecular weight is 386 g/mol. The molecular weight excluding hydrogens is 373 g/mol. The van der Waals surface area contributed by atoms with Gasteiger partial charge in [-0.05, 0) is 64.6 Å². The lowest BCUT2D eigenvalue weighted by Crippen LogP contribution is -2.01. The van der Waals surface area contributed by atoms with Gasteiger partial charge in [0, 0.05) is 32.8 Å². The van der Waals surface area contributed by atoms with E-state index in [1.54, 1.807) is 0 Å². The van der Waals surface area contributed by atoms with Crippen LogP contribution in [0.5, 0.6) is 5.75 Å². The fraction of sp³-hybridized carbons (Fsp3) is 0.200. The van der Waals surface area contributed by atoms with Crippen LogP contribution in [0.3, 0.4) is 0 Å². The van der Waals surface area contributed by atoms with Crippen molar-refractivity contribution < 1.29 is 4.74 Å². The lowest BCUT2D eigenvalue weighted by atomic mass is 10.1. The van der Waals surface area contributed by atoms with Crippen molar-refractivity contribution in [2.45, 2.75) is 13.0 Å². The average Bonchev–Trinajstić information content (AvgIpc) is 2.85. The van der Waals surface area contributed by atoms with Crippen LogP contribution in [0.15, 0.2) is 36.4 Å². The third kappa shape index (κ3) is 2.98. The van der Waals surface area contributed by atoms with E-state index in [4.69, 9.17) is 16.3 Å². The summed E-state index contributed by atoms with van der Waals surface area (Å²) >= 11 is 8.45. The predicted octanol–water partition coefficient (Wildman–Crippen LogP) is 4.49. The van der Waals surface area contributed by atoms with Crippen LogP contribution in [0.25, 0.3) is 0 Å². The van der Waals surface area contributed by atoms with Crippen LogP contribution in [0.1, 0.15) is 11.1 Å². The van der Waals surface area contributed by atoms with Crippen molar-refractivity contribution in [3.63, 3.8) is 0 Å². The van der Waals surface area contributed by atoms with Gasteiger partial charge >= 0.3 is 0 Å². The molecule has 0 aromatic heterocycles. The summed E-state index contributed by atoms with van der Waals surface area (Å²) in [6, 6.07) is 12.3. The molecule has 19 heavy (non-hydrogen) atoms. The van der Waals surface area contributed by atoms with Gasteiger partial charge in [0.1, 0.15) is 5.75 Å². The Morgan fingerprint density at radius 2 is 2.00 bits per heavy atom. The molecule has 1 aliphatic rings. The lowest BCUT2D eigenvalue weighted by molar-refractivity contribution is 0.354. The number of anilines is 1. The molecule has 2 aromatic rings. The molecule has 0 amide bonds. The van der Waals surface area contributed by atoms with Crippen LogP contribution in [-0.4, -0.2) is 6.61 Å². The highest BCUT2D eigenvalue weighted by molar-refractivity contribution is 14.1. The highest BCUT2D eigenvalue weighted by atomic mass is 127. The summed E-state index contributed by atoms with van der Waals surface area (Å²) < 4.78 is 6.92. The van der Waals surface area contributed by atoms with Crippen molar-refractivity contribution >= 4 is 39.9 Å². The van der Waals surface area contributed by atoms with E-state index in [1.165, 1.54) is 9.13 Å². The van der Waals surface area contributed by atoms with Gasteiger partial charge in [0.25, 0.3) is 0 Å². The summed E-state index contributed by atoms with van der Waals surface area (Å²) in [6.45, 7) is 1.48. The van der Waals surface area contributed by atoms with Gasteiger partial charge in [-0.25, -0.2) is 0 Å². The van der Waals surface area contributed by atoms with Crippen LogP contribution in [0.4, 0.5) is 5.69 Å². The number of nitrogens with one attached hydrogen (secondary N) is 1. The predicted molar refractivity (Wildman–Crippen MR) is 87.1 cm³/mol. The maximum absolute atomic E-state index is 6.15. The SMILES string of the molecule is Clc1cc2c(c(CNc3ccc(I)cc3)c1)OCC2. The minimum Gasteiger partial charge on any atom is -0.493 e. The second-order valence-corrected chi connectivity index (χ2v) is 6.19. The molecule has 0 unspecified atom stereocenters. The summed E-state index contributed by atoms with van der Waals surface area (Å²) in [5.74, 6) is 1.00. The van der Waals surface area contributed by atoms with Crippen molar-refractivity contribution in [2.24, 2.45) is 0 Å². The molecule has 0 fully saturated rings. The first-order valence-electron chi connectivity index (χ1n) is 6.16. The first-order valence-corrected chi connectivity index (χ1v) is 7.61. The molecule has 0 atom stereocenters. The molecule has 0 aliphatic carbocycles.